The van der Waals surface area contributed by atoms with E-state index in [4.69, 9.17) is 4.74 Å². The van der Waals surface area contributed by atoms with E-state index in [9.17, 15) is 0 Å². The Kier molecular flexibility index (Phi) is 4.07. The second kappa shape index (κ2) is 5.56. The number of hydrogen-bond acceptors (Lipinski definition) is 4. The van der Waals surface area contributed by atoms with Crippen LogP contribution in [0.15, 0.2) is 0 Å². The molecule has 0 saturated heterocycles. The normalized spacial score (nSPS) is 16.6. The first-order valence-electron chi connectivity index (χ1n) is 6.36. The number of ether oxygens (including phenoxy) is 1. The third kappa shape index (κ3) is 2.64. The minimum atomic E-state index is 0.0406. The van der Waals surface area contributed by atoms with Crippen molar-refractivity contribution in [1.82, 2.24) is 15.3 Å². The van der Waals surface area contributed by atoms with E-state index in [-0.39, 0.29) is 6.10 Å². The SMILES string of the molecule is CCCC(OC)c1nc(C)c2c(n1)CCNC2. The Bertz CT molecular complexity index is 392. The maximum absolute atomic E-state index is 5.48. The fourth-order valence-electron chi connectivity index (χ4n) is 2.29. The molecule has 0 saturated carbocycles. The molecule has 0 bridgehead atoms. The first-order chi connectivity index (χ1) is 8.26. The number of aryl methyl sites for hydroxylation is 1. The summed E-state index contributed by atoms with van der Waals surface area (Å²) in [6, 6.07) is 0. The van der Waals surface area contributed by atoms with Crippen LogP contribution in [0.4, 0.5) is 0 Å². The van der Waals surface area contributed by atoms with Crippen LogP contribution >= 0.6 is 0 Å². The molecular formula is C13H21N3O. The highest BCUT2D eigenvalue weighted by molar-refractivity contribution is 5.27. The smallest absolute Gasteiger partial charge is 0.157 e. The largest absolute Gasteiger partial charge is 0.373 e. The molecule has 4 heteroatoms. The van der Waals surface area contributed by atoms with Crippen molar-refractivity contribution in [3.05, 3.63) is 22.8 Å². The number of hydrogen-bond donors (Lipinski definition) is 1. The summed E-state index contributed by atoms with van der Waals surface area (Å²) in [5.74, 6) is 0.854. The number of nitrogens with one attached hydrogen (secondary N) is 1. The topological polar surface area (TPSA) is 47.0 Å². The van der Waals surface area contributed by atoms with Crippen molar-refractivity contribution in [2.75, 3.05) is 13.7 Å². The Balaban J connectivity index is 2.32. The van der Waals surface area contributed by atoms with Gasteiger partial charge in [0.05, 0.1) is 5.69 Å². The van der Waals surface area contributed by atoms with Crippen LogP contribution in [-0.4, -0.2) is 23.6 Å². The third-order valence-corrected chi connectivity index (χ3v) is 3.28. The molecule has 1 unspecified atom stereocenters. The molecule has 0 aromatic carbocycles. The molecule has 1 atom stereocenters. The predicted molar refractivity (Wildman–Crippen MR) is 66.8 cm³/mol. The average Bonchev–Trinajstić information content (AvgIpc) is 2.36. The summed E-state index contributed by atoms with van der Waals surface area (Å²) >= 11 is 0. The molecule has 0 aliphatic carbocycles. The summed E-state index contributed by atoms with van der Waals surface area (Å²) in [5, 5.41) is 3.36. The van der Waals surface area contributed by atoms with Crippen LogP contribution < -0.4 is 5.32 Å². The van der Waals surface area contributed by atoms with Gasteiger partial charge in [-0.15, -0.1) is 0 Å². The molecule has 1 aliphatic heterocycles. The van der Waals surface area contributed by atoms with Gasteiger partial charge in [-0.3, -0.25) is 0 Å². The summed E-state index contributed by atoms with van der Waals surface area (Å²) in [4.78, 5) is 9.29. The molecule has 17 heavy (non-hydrogen) atoms. The van der Waals surface area contributed by atoms with E-state index in [0.717, 1.165) is 43.9 Å². The summed E-state index contributed by atoms with van der Waals surface area (Å²) in [5.41, 5.74) is 3.56. The van der Waals surface area contributed by atoms with Gasteiger partial charge < -0.3 is 10.1 Å². The van der Waals surface area contributed by atoms with E-state index in [1.807, 2.05) is 0 Å². The van der Waals surface area contributed by atoms with Crippen LogP contribution in [-0.2, 0) is 17.7 Å². The zero-order valence-corrected chi connectivity index (χ0v) is 10.9. The number of nitrogens with zero attached hydrogens (tertiary/aromatic N) is 2. The van der Waals surface area contributed by atoms with Crippen molar-refractivity contribution in [2.24, 2.45) is 0 Å². The van der Waals surface area contributed by atoms with Gasteiger partial charge in [0, 0.05) is 37.9 Å². The van der Waals surface area contributed by atoms with Crippen LogP contribution in [0.1, 0.15) is 48.6 Å². The highest BCUT2D eigenvalue weighted by Gasteiger charge is 2.19. The second-order valence-electron chi connectivity index (χ2n) is 4.53. The van der Waals surface area contributed by atoms with Crippen molar-refractivity contribution in [1.29, 1.82) is 0 Å². The van der Waals surface area contributed by atoms with Crippen LogP contribution in [0, 0.1) is 6.92 Å². The summed E-state index contributed by atoms with van der Waals surface area (Å²) < 4.78 is 5.48. The van der Waals surface area contributed by atoms with E-state index < -0.39 is 0 Å². The summed E-state index contributed by atoms with van der Waals surface area (Å²) in [6.07, 6.45) is 3.10. The first kappa shape index (κ1) is 12.5. The zero-order valence-electron chi connectivity index (χ0n) is 10.9. The Labute approximate surface area is 103 Å². The van der Waals surface area contributed by atoms with Gasteiger partial charge in [0.2, 0.25) is 0 Å². The Morgan fingerprint density at radius 2 is 2.24 bits per heavy atom. The fraction of sp³-hybridized carbons (Fsp3) is 0.692. The minimum Gasteiger partial charge on any atom is -0.373 e. The Morgan fingerprint density at radius 3 is 2.94 bits per heavy atom. The van der Waals surface area contributed by atoms with Gasteiger partial charge in [0.25, 0.3) is 0 Å². The maximum atomic E-state index is 5.48. The van der Waals surface area contributed by atoms with Crippen LogP contribution in [0.3, 0.4) is 0 Å². The van der Waals surface area contributed by atoms with Gasteiger partial charge in [0.15, 0.2) is 5.82 Å². The van der Waals surface area contributed by atoms with E-state index >= 15 is 0 Å². The quantitative estimate of drug-likeness (QED) is 0.866. The van der Waals surface area contributed by atoms with Gasteiger partial charge in [-0.2, -0.15) is 0 Å². The number of rotatable bonds is 4. The molecule has 2 heterocycles. The third-order valence-electron chi connectivity index (χ3n) is 3.28. The maximum Gasteiger partial charge on any atom is 0.157 e. The second-order valence-corrected chi connectivity index (χ2v) is 4.53. The molecule has 0 spiro atoms. The molecular weight excluding hydrogens is 214 g/mol. The lowest BCUT2D eigenvalue weighted by molar-refractivity contribution is 0.0871. The molecule has 2 rings (SSSR count). The summed E-state index contributed by atoms with van der Waals surface area (Å²) in [7, 11) is 1.74. The number of methoxy groups -OCH3 is 1. The molecule has 0 fully saturated rings. The molecule has 0 amide bonds. The lowest BCUT2D eigenvalue weighted by Crippen LogP contribution is -2.27. The molecule has 1 aromatic heterocycles. The van der Waals surface area contributed by atoms with Crippen molar-refractivity contribution < 1.29 is 4.74 Å². The first-order valence-corrected chi connectivity index (χ1v) is 6.36. The van der Waals surface area contributed by atoms with Crippen molar-refractivity contribution >= 4 is 0 Å². The molecule has 1 aliphatic rings. The lowest BCUT2D eigenvalue weighted by Gasteiger charge is -2.21. The van der Waals surface area contributed by atoms with Crippen molar-refractivity contribution in [2.45, 2.75) is 45.8 Å². The predicted octanol–water partition coefficient (Wildman–Crippen LogP) is 1.92. The van der Waals surface area contributed by atoms with Crippen molar-refractivity contribution in [3.63, 3.8) is 0 Å². The molecule has 4 nitrogen and oxygen atoms in total. The Hall–Kier alpha value is -1.00. The summed E-state index contributed by atoms with van der Waals surface area (Å²) in [6.45, 7) is 6.12. The Morgan fingerprint density at radius 1 is 1.41 bits per heavy atom. The van der Waals surface area contributed by atoms with E-state index in [0.29, 0.717) is 0 Å². The van der Waals surface area contributed by atoms with Crippen molar-refractivity contribution in [3.8, 4) is 0 Å². The monoisotopic (exact) mass is 235 g/mol. The standard InChI is InChI=1S/C13H21N3O/c1-4-5-12(17-3)13-15-9(2)10-8-14-7-6-11(10)16-13/h12,14H,4-8H2,1-3H3. The fourth-order valence-corrected chi connectivity index (χ4v) is 2.29. The minimum absolute atomic E-state index is 0.0406. The van der Waals surface area contributed by atoms with E-state index in [1.54, 1.807) is 7.11 Å². The van der Waals surface area contributed by atoms with Crippen LogP contribution in [0.2, 0.25) is 0 Å². The van der Waals surface area contributed by atoms with E-state index in [1.165, 1.54) is 11.3 Å². The van der Waals surface area contributed by atoms with Crippen LogP contribution in [0.5, 0.6) is 0 Å². The van der Waals surface area contributed by atoms with E-state index in [2.05, 4.69) is 29.1 Å². The molecule has 0 radical (unpaired) electrons. The lowest BCUT2D eigenvalue weighted by atomic mass is 10.1. The number of aromatic nitrogens is 2. The van der Waals surface area contributed by atoms with Gasteiger partial charge >= 0.3 is 0 Å². The van der Waals surface area contributed by atoms with Gasteiger partial charge in [-0.1, -0.05) is 13.3 Å². The molecule has 1 aromatic rings. The average molecular weight is 235 g/mol. The highest BCUT2D eigenvalue weighted by atomic mass is 16.5. The molecule has 94 valence electrons. The zero-order chi connectivity index (χ0) is 12.3. The van der Waals surface area contributed by atoms with Gasteiger partial charge in [-0.05, 0) is 13.3 Å². The van der Waals surface area contributed by atoms with Crippen LogP contribution in [0.25, 0.3) is 0 Å². The highest BCUT2D eigenvalue weighted by Crippen LogP contribution is 2.22. The number of fused-ring (bicyclic) bond motifs is 1. The van der Waals surface area contributed by atoms with Gasteiger partial charge in [0.1, 0.15) is 6.10 Å². The molecule has 1 N–H and O–H groups in total. The van der Waals surface area contributed by atoms with Gasteiger partial charge in [-0.25, -0.2) is 9.97 Å².